The van der Waals surface area contributed by atoms with Gasteiger partial charge in [0, 0.05) is 31.3 Å². The number of carbonyl (C=O) groups excluding carboxylic acids is 2. The maximum Gasteiger partial charge on any atom is 0.270 e. The zero-order valence-corrected chi connectivity index (χ0v) is 14.4. The summed E-state index contributed by atoms with van der Waals surface area (Å²) in [4.78, 5) is 36.6. The van der Waals surface area contributed by atoms with Crippen LogP contribution in [0.25, 0.3) is 0 Å². The molecule has 0 aliphatic carbocycles. The molecule has 2 aromatic rings. The molecule has 1 aromatic heterocycles. The summed E-state index contributed by atoms with van der Waals surface area (Å²) in [5, 5.41) is 13.8. The first-order chi connectivity index (χ1) is 12.5. The van der Waals surface area contributed by atoms with Crippen molar-refractivity contribution in [1.29, 1.82) is 0 Å². The summed E-state index contributed by atoms with van der Waals surface area (Å²) in [5.74, 6) is -0.566. The number of furan rings is 1. The molecule has 8 nitrogen and oxygen atoms in total. The Kier molecular flexibility index (Phi) is 5.22. The molecule has 1 saturated heterocycles. The van der Waals surface area contributed by atoms with Gasteiger partial charge in [-0.25, -0.2) is 0 Å². The summed E-state index contributed by atoms with van der Waals surface area (Å²) < 4.78 is 4.92. The number of nitro groups is 1. The van der Waals surface area contributed by atoms with Crippen molar-refractivity contribution in [3.63, 3.8) is 0 Å². The van der Waals surface area contributed by atoms with Gasteiger partial charge < -0.3 is 14.6 Å². The van der Waals surface area contributed by atoms with Crippen molar-refractivity contribution in [1.82, 2.24) is 10.2 Å². The van der Waals surface area contributed by atoms with Crippen molar-refractivity contribution in [3.8, 4) is 0 Å². The van der Waals surface area contributed by atoms with Crippen LogP contribution in [0, 0.1) is 10.1 Å². The largest absolute Gasteiger partial charge is 0.472 e. The standard InChI is InChI=1S/C17H16ClN3O5/c18-15-2-1-13(21(24)25)9-14(15)16(22)19-12-3-6-20(7-4-12)17(23)11-5-8-26-10-11/h1-2,5,8-10,12H,3-4,6-7H2,(H,19,22). The highest BCUT2D eigenvalue weighted by atomic mass is 35.5. The van der Waals surface area contributed by atoms with Crippen LogP contribution in [0.1, 0.15) is 33.6 Å². The van der Waals surface area contributed by atoms with Crippen molar-refractivity contribution < 1.29 is 18.9 Å². The van der Waals surface area contributed by atoms with Gasteiger partial charge in [-0.3, -0.25) is 19.7 Å². The summed E-state index contributed by atoms with van der Waals surface area (Å²) in [7, 11) is 0. The molecule has 9 heteroatoms. The molecule has 3 rings (SSSR count). The Hall–Kier alpha value is -2.87. The van der Waals surface area contributed by atoms with E-state index in [-0.39, 0.29) is 28.2 Å². The molecule has 1 aromatic carbocycles. The van der Waals surface area contributed by atoms with E-state index in [0.717, 1.165) is 6.07 Å². The van der Waals surface area contributed by atoms with Crippen molar-refractivity contribution in [2.75, 3.05) is 13.1 Å². The highest BCUT2D eigenvalue weighted by molar-refractivity contribution is 6.34. The van der Waals surface area contributed by atoms with Gasteiger partial charge in [0.25, 0.3) is 17.5 Å². The quantitative estimate of drug-likeness (QED) is 0.651. The average Bonchev–Trinajstić information content (AvgIpc) is 3.16. The lowest BCUT2D eigenvalue weighted by Gasteiger charge is -2.32. The fourth-order valence-corrected chi connectivity index (χ4v) is 3.06. The SMILES string of the molecule is O=C(NC1CCN(C(=O)c2ccoc2)CC1)c1cc([N+](=O)[O-])ccc1Cl. The Bertz CT molecular complexity index is 829. The Morgan fingerprint density at radius 3 is 2.62 bits per heavy atom. The fourth-order valence-electron chi connectivity index (χ4n) is 2.86. The van der Waals surface area contributed by atoms with Crippen LogP contribution in [0.2, 0.25) is 5.02 Å². The number of nitrogens with zero attached hydrogens (tertiary/aromatic N) is 2. The van der Waals surface area contributed by atoms with E-state index in [4.69, 9.17) is 16.0 Å². The lowest BCUT2D eigenvalue weighted by molar-refractivity contribution is -0.384. The van der Waals surface area contributed by atoms with Gasteiger partial charge in [-0.05, 0) is 25.0 Å². The van der Waals surface area contributed by atoms with Crippen LogP contribution >= 0.6 is 11.6 Å². The first-order valence-corrected chi connectivity index (χ1v) is 8.40. The minimum absolute atomic E-state index is 0.0674. The maximum atomic E-state index is 12.4. The Morgan fingerprint density at radius 2 is 2.00 bits per heavy atom. The number of hydrogen-bond donors (Lipinski definition) is 1. The predicted octanol–water partition coefficient (Wildman–Crippen LogP) is 2.88. The Labute approximate surface area is 153 Å². The van der Waals surface area contributed by atoms with Crippen LogP contribution < -0.4 is 5.32 Å². The second-order valence-electron chi connectivity index (χ2n) is 5.97. The topological polar surface area (TPSA) is 106 Å². The van der Waals surface area contributed by atoms with Gasteiger partial charge in [0.05, 0.1) is 27.3 Å². The smallest absolute Gasteiger partial charge is 0.270 e. The minimum atomic E-state index is -0.576. The van der Waals surface area contributed by atoms with Crippen LogP contribution in [0.3, 0.4) is 0 Å². The number of nitrogens with one attached hydrogen (secondary N) is 1. The highest BCUT2D eigenvalue weighted by Gasteiger charge is 2.26. The van der Waals surface area contributed by atoms with E-state index < -0.39 is 10.8 Å². The number of rotatable bonds is 4. The summed E-state index contributed by atoms with van der Waals surface area (Å²) >= 11 is 5.99. The van der Waals surface area contributed by atoms with E-state index >= 15 is 0 Å². The summed E-state index contributed by atoms with van der Waals surface area (Å²) in [6, 6.07) is 5.22. The molecular weight excluding hydrogens is 362 g/mol. The van der Waals surface area contributed by atoms with Gasteiger partial charge in [0.1, 0.15) is 6.26 Å². The number of non-ortho nitro benzene ring substituents is 1. The normalized spacial score (nSPS) is 14.9. The van der Waals surface area contributed by atoms with Crippen molar-refractivity contribution in [2.24, 2.45) is 0 Å². The Balaban J connectivity index is 1.59. The van der Waals surface area contributed by atoms with E-state index in [1.54, 1.807) is 11.0 Å². The molecule has 2 heterocycles. The first-order valence-electron chi connectivity index (χ1n) is 8.02. The number of carbonyl (C=O) groups is 2. The zero-order chi connectivity index (χ0) is 18.7. The molecular formula is C17H16ClN3O5. The molecule has 0 unspecified atom stereocenters. The van der Waals surface area contributed by atoms with Crippen LogP contribution in [0.5, 0.6) is 0 Å². The number of amides is 2. The molecule has 1 aliphatic heterocycles. The molecule has 0 saturated carbocycles. The average molecular weight is 378 g/mol. The van der Waals surface area contributed by atoms with Gasteiger partial charge in [-0.15, -0.1) is 0 Å². The minimum Gasteiger partial charge on any atom is -0.472 e. The molecule has 136 valence electrons. The molecule has 0 radical (unpaired) electrons. The van der Waals surface area contributed by atoms with Gasteiger partial charge in [-0.1, -0.05) is 11.6 Å². The third-order valence-electron chi connectivity index (χ3n) is 4.29. The zero-order valence-electron chi connectivity index (χ0n) is 13.7. The van der Waals surface area contributed by atoms with Crippen LogP contribution in [-0.2, 0) is 0 Å². The van der Waals surface area contributed by atoms with E-state index in [9.17, 15) is 19.7 Å². The van der Waals surface area contributed by atoms with Gasteiger partial charge >= 0.3 is 0 Å². The fraction of sp³-hybridized carbons (Fsp3) is 0.294. The number of benzene rings is 1. The molecule has 2 amide bonds. The number of likely N-dealkylation sites (tertiary alicyclic amines) is 1. The van der Waals surface area contributed by atoms with E-state index in [1.165, 1.54) is 24.7 Å². The number of piperidine rings is 1. The maximum absolute atomic E-state index is 12.4. The molecule has 1 N–H and O–H groups in total. The predicted molar refractivity (Wildman–Crippen MR) is 93.2 cm³/mol. The number of nitro benzene ring substituents is 1. The molecule has 0 atom stereocenters. The van der Waals surface area contributed by atoms with Crippen LogP contribution in [-0.4, -0.2) is 40.8 Å². The van der Waals surface area contributed by atoms with Crippen LogP contribution in [0.4, 0.5) is 5.69 Å². The van der Waals surface area contributed by atoms with Crippen molar-refractivity contribution in [2.45, 2.75) is 18.9 Å². The van der Waals surface area contributed by atoms with Gasteiger partial charge in [0.15, 0.2) is 0 Å². The van der Waals surface area contributed by atoms with Crippen LogP contribution in [0.15, 0.2) is 41.2 Å². The summed E-state index contributed by atoms with van der Waals surface area (Å²) in [6.07, 6.45) is 4.02. The second-order valence-corrected chi connectivity index (χ2v) is 6.38. The third-order valence-corrected chi connectivity index (χ3v) is 4.62. The van der Waals surface area contributed by atoms with Gasteiger partial charge in [-0.2, -0.15) is 0 Å². The lowest BCUT2D eigenvalue weighted by Crippen LogP contribution is -2.46. The molecule has 0 spiro atoms. The van der Waals surface area contributed by atoms with Crippen molar-refractivity contribution >= 4 is 29.1 Å². The monoisotopic (exact) mass is 377 g/mol. The van der Waals surface area contributed by atoms with E-state index in [1.807, 2.05) is 0 Å². The molecule has 26 heavy (non-hydrogen) atoms. The second kappa shape index (κ2) is 7.57. The van der Waals surface area contributed by atoms with Gasteiger partial charge in [0.2, 0.25) is 0 Å². The highest BCUT2D eigenvalue weighted by Crippen LogP contribution is 2.23. The lowest BCUT2D eigenvalue weighted by atomic mass is 10.0. The number of hydrogen-bond acceptors (Lipinski definition) is 5. The molecule has 0 bridgehead atoms. The van der Waals surface area contributed by atoms with E-state index in [0.29, 0.717) is 31.5 Å². The molecule has 1 aliphatic rings. The van der Waals surface area contributed by atoms with E-state index in [2.05, 4.69) is 5.32 Å². The first kappa shape index (κ1) is 17.9. The summed E-state index contributed by atoms with van der Waals surface area (Å²) in [6.45, 7) is 0.995. The van der Waals surface area contributed by atoms with Crippen molar-refractivity contribution in [3.05, 3.63) is 63.1 Å². The summed E-state index contributed by atoms with van der Waals surface area (Å²) in [5.41, 5.74) is 0.369. The number of halogens is 1. The Morgan fingerprint density at radius 1 is 1.27 bits per heavy atom. The third kappa shape index (κ3) is 3.85. The molecule has 1 fully saturated rings.